The predicted molar refractivity (Wildman–Crippen MR) is 80.1 cm³/mol. The van der Waals surface area contributed by atoms with Crippen molar-refractivity contribution in [1.29, 1.82) is 0 Å². The molecular weight excluding hydrogens is 256 g/mol. The third-order valence-electron chi connectivity index (χ3n) is 3.32. The molecule has 0 atom stereocenters. The zero-order valence-corrected chi connectivity index (χ0v) is 12.9. The maximum absolute atomic E-state index is 11.7. The molecule has 2 N–H and O–H groups in total. The van der Waals surface area contributed by atoms with Crippen LogP contribution in [0, 0.1) is 0 Å². The Morgan fingerprint density at radius 3 is 2.55 bits per heavy atom. The number of nitrogen functional groups attached to an aromatic ring is 1. The lowest BCUT2D eigenvalue weighted by molar-refractivity contribution is 0.0525. The van der Waals surface area contributed by atoms with Gasteiger partial charge in [-0.2, -0.15) is 0 Å². The van der Waals surface area contributed by atoms with Crippen molar-refractivity contribution in [3.63, 3.8) is 0 Å². The summed E-state index contributed by atoms with van der Waals surface area (Å²) in [5.41, 5.74) is 6.70. The van der Waals surface area contributed by atoms with E-state index in [2.05, 4.69) is 18.7 Å². The van der Waals surface area contributed by atoms with Gasteiger partial charge in [-0.3, -0.25) is 0 Å². The van der Waals surface area contributed by atoms with Gasteiger partial charge >= 0.3 is 5.97 Å². The molecule has 5 nitrogen and oxygen atoms in total. The Kier molecular flexibility index (Phi) is 5.39. The fraction of sp³-hybridized carbons (Fsp3) is 0.533. The molecule has 0 fully saturated rings. The van der Waals surface area contributed by atoms with Crippen LogP contribution in [0.5, 0.6) is 5.75 Å². The number of anilines is 1. The van der Waals surface area contributed by atoms with E-state index in [0.29, 0.717) is 30.2 Å². The first-order chi connectivity index (χ1) is 9.27. The van der Waals surface area contributed by atoms with Crippen LogP contribution in [0.25, 0.3) is 0 Å². The maximum atomic E-state index is 11.7. The Bertz CT molecular complexity index is 470. The Morgan fingerprint density at radius 1 is 1.35 bits per heavy atom. The standard InChI is InChI=1S/C15H24N2O3/c1-6-19-14(18)11-7-8-12(16)13(9-11)20-10-15(2,3)17(4)5/h7-9H,6,10,16H2,1-5H3. The van der Waals surface area contributed by atoms with Gasteiger partial charge in [0.15, 0.2) is 0 Å². The molecule has 0 aromatic heterocycles. The molecule has 0 heterocycles. The summed E-state index contributed by atoms with van der Waals surface area (Å²) in [6.45, 7) is 6.71. The fourth-order valence-corrected chi connectivity index (χ4v) is 1.38. The van der Waals surface area contributed by atoms with Gasteiger partial charge in [0.05, 0.1) is 17.9 Å². The van der Waals surface area contributed by atoms with Crippen LogP contribution >= 0.6 is 0 Å². The third-order valence-corrected chi connectivity index (χ3v) is 3.32. The first-order valence-corrected chi connectivity index (χ1v) is 6.65. The number of benzene rings is 1. The molecule has 1 aromatic carbocycles. The summed E-state index contributed by atoms with van der Waals surface area (Å²) in [5.74, 6) is 0.134. The number of hydrogen-bond donors (Lipinski definition) is 1. The second-order valence-electron chi connectivity index (χ2n) is 5.47. The van der Waals surface area contributed by atoms with Gasteiger partial charge in [-0.1, -0.05) is 0 Å². The fourth-order valence-electron chi connectivity index (χ4n) is 1.38. The number of ether oxygens (including phenoxy) is 2. The number of nitrogens with two attached hydrogens (primary N) is 1. The average molecular weight is 280 g/mol. The molecule has 0 unspecified atom stereocenters. The molecular formula is C15H24N2O3. The van der Waals surface area contributed by atoms with E-state index in [0.717, 1.165) is 0 Å². The van der Waals surface area contributed by atoms with Gasteiger partial charge in [0.25, 0.3) is 0 Å². The van der Waals surface area contributed by atoms with Gasteiger partial charge in [-0.15, -0.1) is 0 Å². The van der Waals surface area contributed by atoms with Crippen LogP contribution in [-0.2, 0) is 4.74 Å². The zero-order chi connectivity index (χ0) is 15.3. The number of carbonyl (C=O) groups is 1. The molecule has 1 rings (SSSR count). The maximum Gasteiger partial charge on any atom is 0.338 e. The molecule has 0 amide bonds. The zero-order valence-electron chi connectivity index (χ0n) is 12.9. The molecule has 0 saturated carbocycles. The minimum Gasteiger partial charge on any atom is -0.489 e. The van der Waals surface area contributed by atoms with Crippen LogP contribution in [0.3, 0.4) is 0 Å². The highest BCUT2D eigenvalue weighted by Gasteiger charge is 2.22. The monoisotopic (exact) mass is 280 g/mol. The van der Waals surface area contributed by atoms with Crippen LogP contribution in [-0.4, -0.2) is 43.7 Å². The lowest BCUT2D eigenvalue weighted by atomic mass is 10.1. The molecule has 112 valence electrons. The Hall–Kier alpha value is -1.75. The van der Waals surface area contributed by atoms with Crippen molar-refractivity contribution < 1.29 is 14.3 Å². The lowest BCUT2D eigenvalue weighted by Gasteiger charge is -2.32. The number of carbonyl (C=O) groups excluding carboxylic acids is 1. The third kappa shape index (κ3) is 4.13. The van der Waals surface area contributed by atoms with Crippen molar-refractivity contribution in [2.75, 3.05) is 33.0 Å². The highest BCUT2D eigenvalue weighted by molar-refractivity contribution is 5.90. The van der Waals surface area contributed by atoms with E-state index in [1.807, 2.05) is 14.1 Å². The van der Waals surface area contributed by atoms with E-state index in [4.69, 9.17) is 15.2 Å². The van der Waals surface area contributed by atoms with E-state index in [-0.39, 0.29) is 11.5 Å². The van der Waals surface area contributed by atoms with Crippen LogP contribution in [0.2, 0.25) is 0 Å². The Morgan fingerprint density at radius 2 is 2.00 bits per heavy atom. The smallest absolute Gasteiger partial charge is 0.338 e. The minimum atomic E-state index is -0.371. The van der Waals surface area contributed by atoms with Crippen molar-refractivity contribution in [2.45, 2.75) is 26.3 Å². The molecule has 5 heteroatoms. The summed E-state index contributed by atoms with van der Waals surface area (Å²) in [6, 6.07) is 4.92. The highest BCUT2D eigenvalue weighted by atomic mass is 16.5. The number of rotatable bonds is 6. The number of likely N-dealkylation sites (N-methyl/N-ethyl adjacent to an activating group) is 1. The molecule has 0 aliphatic heterocycles. The van der Waals surface area contributed by atoms with Crippen LogP contribution in [0.4, 0.5) is 5.69 Å². The first-order valence-electron chi connectivity index (χ1n) is 6.65. The first kappa shape index (κ1) is 16.3. The van der Waals surface area contributed by atoms with Crippen LogP contribution in [0.15, 0.2) is 18.2 Å². The largest absolute Gasteiger partial charge is 0.489 e. The van der Waals surface area contributed by atoms with Gasteiger partial charge in [-0.05, 0) is 53.1 Å². The number of hydrogen-bond acceptors (Lipinski definition) is 5. The normalized spacial score (nSPS) is 11.5. The summed E-state index contributed by atoms with van der Waals surface area (Å²) in [5, 5.41) is 0. The molecule has 0 bridgehead atoms. The SMILES string of the molecule is CCOC(=O)c1ccc(N)c(OCC(C)(C)N(C)C)c1. The van der Waals surface area contributed by atoms with Gasteiger partial charge in [-0.25, -0.2) is 4.79 Å². The van der Waals surface area contributed by atoms with Gasteiger partial charge < -0.3 is 20.1 Å². The topological polar surface area (TPSA) is 64.8 Å². The van der Waals surface area contributed by atoms with Crippen molar-refractivity contribution in [3.05, 3.63) is 23.8 Å². The van der Waals surface area contributed by atoms with Gasteiger partial charge in [0, 0.05) is 5.54 Å². The average Bonchev–Trinajstić information content (AvgIpc) is 2.37. The van der Waals surface area contributed by atoms with Crippen molar-refractivity contribution in [2.24, 2.45) is 0 Å². The Balaban J connectivity index is 2.85. The quantitative estimate of drug-likeness (QED) is 0.639. The van der Waals surface area contributed by atoms with E-state index in [1.165, 1.54) is 0 Å². The summed E-state index contributed by atoms with van der Waals surface area (Å²) >= 11 is 0. The van der Waals surface area contributed by atoms with E-state index in [9.17, 15) is 4.79 Å². The van der Waals surface area contributed by atoms with E-state index >= 15 is 0 Å². The summed E-state index contributed by atoms with van der Waals surface area (Å²) in [7, 11) is 3.98. The van der Waals surface area contributed by atoms with Gasteiger partial charge in [0.2, 0.25) is 0 Å². The molecule has 0 spiro atoms. The van der Waals surface area contributed by atoms with E-state index in [1.54, 1.807) is 25.1 Å². The Labute approximate surface area is 120 Å². The van der Waals surface area contributed by atoms with Crippen LogP contribution in [0.1, 0.15) is 31.1 Å². The predicted octanol–water partition coefficient (Wildman–Crippen LogP) is 2.16. The molecule has 1 aromatic rings. The van der Waals surface area contributed by atoms with Crippen molar-refractivity contribution >= 4 is 11.7 Å². The number of esters is 1. The summed E-state index contributed by atoms with van der Waals surface area (Å²) in [4.78, 5) is 13.8. The van der Waals surface area contributed by atoms with Gasteiger partial charge in [0.1, 0.15) is 12.4 Å². The van der Waals surface area contributed by atoms with E-state index < -0.39 is 0 Å². The van der Waals surface area contributed by atoms with Crippen molar-refractivity contribution in [1.82, 2.24) is 4.90 Å². The molecule has 0 radical (unpaired) electrons. The lowest BCUT2D eigenvalue weighted by Crippen LogP contribution is -2.43. The number of nitrogens with zero attached hydrogens (tertiary/aromatic N) is 1. The second-order valence-corrected chi connectivity index (χ2v) is 5.47. The highest BCUT2D eigenvalue weighted by Crippen LogP contribution is 2.25. The van der Waals surface area contributed by atoms with Crippen molar-refractivity contribution in [3.8, 4) is 5.75 Å². The van der Waals surface area contributed by atoms with Crippen LogP contribution < -0.4 is 10.5 Å². The molecule has 0 saturated heterocycles. The molecule has 20 heavy (non-hydrogen) atoms. The molecule has 0 aliphatic carbocycles. The molecule has 0 aliphatic rings. The summed E-state index contributed by atoms with van der Waals surface area (Å²) in [6.07, 6.45) is 0. The summed E-state index contributed by atoms with van der Waals surface area (Å²) < 4.78 is 10.7. The minimum absolute atomic E-state index is 0.133. The second kappa shape index (κ2) is 6.61.